The Hall–Kier alpha value is -4.12. The van der Waals surface area contributed by atoms with Crippen LogP contribution in [-0.2, 0) is 12.7 Å². The van der Waals surface area contributed by atoms with Crippen LogP contribution in [-0.4, -0.2) is 65.8 Å². The van der Waals surface area contributed by atoms with E-state index in [0.29, 0.717) is 34.7 Å². The molecule has 1 fully saturated rings. The largest absolute Gasteiger partial charge is 0.493 e. The molecule has 1 N–H and O–H groups in total. The highest BCUT2D eigenvalue weighted by Crippen LogP contribution is 2.35. The van der Waals surface area contributed by atoms with Crippen molar-refractivity contribution in [3.05, 3.63) is 77.6 Å². The zero-order valence-corrected chi connectivity index (χ0v) is 21.0. The van der Waals surface area contributed by atoms with Crippen molar-refractivity contribution in [2.45, 2.75) is 12.7 Å². The van der Waals surface area contributed by atoms with Crippen LogP contribution in [0.4, 0.5) is 13.2 Å². The van der Waals surface area contributed by atoms with E-state index in [0.717, 1.165) is 25.7 Å². The van der Waals surface area contributed by atoms with Crippen LogP contribution in [0.25, 0.3) is 16.9 Å². The number of aromatic nitrogens is 3. The molecule has 0 aliphatic carbocycles. The molecule has 1 amide bonds. The number of piperazine rings is 1. The van der Waals surface area contributed by atoms with Crippen molar-refractivity contribution in [2.24, 2.45) is 0 Å². The molecule has 5 rings (SSSR count). The molecular formula is C27H27F3N5O3+. The summed E-state index contributed by atoms with van der Waals surface area (Å²) in [6.07, 6.45) is -4.72. The van der Waals surface area contributed by atoms with E-state index in [4.69, 9.17) is 9.47 Å². The number of halogens is 3. The van der Waals surface area contributed by atoms with Crippen molar-refractivity contribution in [3.63, 3.8) is 0 Å². The maximum Gasteiger partial charge on any atom is 0.433 e. The number of benzene rings is 2. The van der Waals surface area contributed by atoms with Gasteiger partial charge in [0, 0.05) is 17.2 Å². The van der Waals surface area contributed by atoms with Gasteiger partial charge in [-0.15, -0.1) is 0 Å². The lowest BCUT2D eigenvalue weighted by Crippen LogP contribution is -3.13. The number of hydrogen-bond acceptors (Lipinski definition) is 5. The fourth-order valence-corrected chi connectivity index (χ4v) is 4.67. The molecule has 0 atom stereocenters. The number of amides is 1. The van der Waals surface area contributed by atoms with E-state index in [-0.39, 0.29) is 17.0 Å². The first-order valence-corrected chi connectivity index (χ1v) is 12.1. The minimum atomic E-state index is -4.72. The minimum absolute atomic E-state index is 0.0682. The van der Waals surface area contributed by atoms with Gasteiger partial charge < -0.3 is 19.3 Å². The van der Waals surface area contributed by atoms with Crippen LogP contribution in [0.5, 0.6) is 11.5 Å². The Morgan fingerprint density at radius 3 is 2.34 bits per heavy atom. The molecule has 1 saturated heterocycles. The van der Waals surface area contributed by atoms with Gasteiger partial charge in [-0.05, 0) is 24.3 Å². The predicted octanol–water partition coefficient (Wildman–Crippen LogP) is 2.97. The van der Waals surface area contributed by atoms with E-state index >= 15 is 0 Å². The van der Waals surface area contributed by atoms with E-state index in [1.54, 1.807) is 23.1 Å². The van der Waals surface area contributed by atoms with Gasteiger partial charge in [-0.25, -0.2) is 9.50 Å². The molecule has 1 aliphatic rings. The first-order valence-electron chi connectivity index (χ1n) is 12.1. The Morgan fingerprint density at radius 2 is 1.68 bits per heavy atom. The lowest BCUT2D eigenvalue weighted by atomic mass is 10.1. The topological polar surface area (TPSA) is 73.4 Å². The normalized spacial score (nSPS) is 14.6. The lowest BCUT2D eigenvalue weighted by molar-refractivity contribution is -0.917. The number of ether oxygens (including phenoxy) is 2. The molecule has 38 heavy (non-hydrogen) atoms. The summed E-state index contributed by atoms with van der Waals surface area (Å²) < 4.78 is 53.3. The van der Waals surface area contributed by atoms with E-state index in [1.165, 1.54) is 30.7 Å². The summed E-state index contributed by atoms with van der Waals surface area (Å²) in [6.45, 7) is 3.32. The standard InChI is InChI=1S/C27H26F3N5O3/c1-37-22-9-8-19(14-23(22)38-2)20-15-24(27(28,29)30)35-25(31-20)16-21(32-35)26(36)34-12-10-33(11-13-34)17-18-6-4-3-5-7-18/h3-9,14-16H,10-13,17H2,1-2H3/p+1. The van der Waals surface area contributed by atoms with Gasteiger partial charge in [0.25, 0.3) is 5.91 Å². The van der Waals surface area contributed by atoms with Crippen LogP contribution < -0.4 is 14.4 Å². The zero-order chi connectivity index (χ0) is 26.9. The summed E-state index contributed by atoms with van der Waals surface area (Å²) in [5.41, 5.74) is 0.535. The second kappa shape index (κ2) is 10.3. The summed E-state index contributed by atoms with van der Waals surface area (Å²) >= 11 is 0. The second-order valence-electron chi connectivity index (χ2n) is 9.10. The van der Waals surface area contributed by atoms with E-state index in [9.17, 15) is 18.0 Å². The average Bonchev–Trinajstić information content (AvgIpc) is 3.36. The van der Waals surface area contributed by atoms with E-state index < -0.39 is 17.8 Å². The fourth-order valence-electron chi connectivity index (χ4n) is 4.67. The van der Waals surface area contributed by atoms with Gasteiger partial charge in [0.1, 0.15) is 6.54 Å². The molecule has 198 valence electrons. The number of hydrogen-bond donors (Lipinski definition) is 1. The highest BCUT2D eigenvalue weighted by Gasteiger charge is 2.36. The van der Waals surface area contributed by atoms with Crippen LogP contribution in [0.2, 0.25) is 0 Å². The lowest BCUT2D eigenvalue weighted by Gasteiger charge is -2.31. The third-order valence-corrected chi connectivity index (χ3v) is 6.67. The van der Waals surface area contributed by atoms with E-state index in [1.807, 2.05) is 18.2 Å². The van der Waals surface area contributed by atoms with Crippen molar-refractivity contribution in [3.8, 4) is 22.8 Å². The molecular weight excluding hydrogens is 499 g/mol. The Balaban J connectivity index is 1.41. The number of quaternary nitrogens is 1. The predicted molar refractivity (Wildman–Crippen MR) is 133 cm³/mol. The van der Waals surface area contributed by atoms with Crippen LogP contribution in [0.3, 0.4) is 0 Å². The number of alkyl halides is 3. The number of rotatable bonds is 6. The SMILES string of the molecule is COc1ccc(-c2cc(C(F)(F)F)n3nc(C(=O)N4CC[NH+](Cc5ccccc5)CC4)cc3n2)cc1OC. The first kappa shape index (κ1) is 25.5. The number of nitrogens with one attached hydrogen (secondary N) is 1. The smallest absolute Gasteiger partial charge is 0.433 e. The Kier molecular flexibility index (Phi) is 6.94. The van der Waals surface area contributed by atoms with Crippen molar-refractivity contribution in [1.82, 2.24) is 19.5 Å². The molecule has 11 heteroatoms. The molecule has 1 aliphatic heterocycles. The summed E-state index contributed by atoms with van der Waals surface area (Å²) in [7, 11) is 2.91. The molecule has 0 spiro atoms. The zero-order valence-electron chi connectivity index (χ0n) is 21.0. The van der Waals surface area contributed by atoms with E-state index in [2.05, 4.69) is 22.2 Å². The number of methoxy groups -OCH3 is 2. The first-order chi connectivity index (χ1) is 18.3. The molecule has 2 aromatic carbocycles. The van der Waals surface area contributed by atoms with Gasteiger partial charge in [-0.2, -0.15) is 18.3 Å². The van der Waals surface area contributed by atoms with Gasteiger partial charge in [0.2, 0.25) is 0 Å². The Bertz CT molecular complexity index is 1450. The van der Waals surface area contributed by atoms with Crippen LogP contribution in [0.15, 0.2) is 60.7 Å². The molecule has 4 aromatic rings. The molecule has 0 unspecified atom stereocenters. The molecule has 3 heterocycles. The third kappa shape index (κ3) is 5.14. The quantitative estimate of drug-likeness (QED) is 0.418. The fraction of sp³-hybridized carbons (Fsp3) is 0.296. The number of carbonyl (C=O) groups excluding carboxylic acids is 1. The number of fused-ring (bicyclic) bond motifs is 1. The van der Waals surface area contributed by atoms with Crippen molar-refractivity contribution < 1.29 is 32.3 Å². The molecule has 0 saturated carbocycles. The molecule has 8 nitrogen and oxygen atoms in total. The summed E-state index contributed by atoms with van der Waals surface area (Å²) in [4.78, 5) is 20.6. The number of nitrogens with zero attached hydrogens (tertiary/aromatic N) is 4. The highest BCUT2D eigenvalue weighted by atomic mass is 19.4. The van der Waals surface area contributed by atoms with Crippen LogP contribution in [0.1, 0.15) is 21.7 Å². The second-order valence-corrected chi connectivity index (χ2v) is 9.10. The van der Waals surface area contributed by atoms with Crippen molar-refractivity contribution in [2.75, 3.05) is 40.4 Å². The minimum Gasteiger partial charge on any atom is -0.493 e. The van der Waals surface area contributed by atoms with Crippen molar-refractivity contribution >= 4 is 11.6 Å². The van der Waals surface area contributed by atoms with Gasteiger partial charge in [0.15, 0.2) is 28.5 Å². The van der Waals surface area contributed by atoms with Gasteiger partial charge in [-0.1, -0.05) is 30.3 Å². The molecule has 0 radical (unpaired) electrons. The average molecular weight is 527 g/mol. The van der Waals surface area contributed by atoms with Crippen LogP contribution in [0, 0.1) is 0 Å². The molecule has 2 aromatic heterocycles. The highest BCUT2D eigenvalue weighted by molar-refractivity contribution is 5.93. The maximum atomic E-state index is 14.0. The monoisotopic (exact) mass is 526 g/mol. The van der Waals surface area contributed by atoms with Crippen molar-refractivity contribution in [1.29, 1.82) is 0 Å². The van der Waals surface area contributed by atoms with Gasteiger partial charge in [-0.3, -0.25) is 4.79 Å². The summed E-state index contributed by atoms with van der Waals surface area (Å²) in [6, 6.07) is 17.1. The Labute approximate surface area is 217 Å². The Morgan fingerprint density at radius 1 is 0.974 bits per heavy atom. The maximum absolute atomic E-state index is 14.0. The van der Waals surface area contributed by atoms with Gasteiger partial charge >= 0.3 is 6.18 Å². The third-order valence-electron chi connectivity index (χ3n) is 6.67. The summed E-state index contributed by atoms with van der Waals surface area (Å²) in [5, 5.41) is 4.03. The molecule has 0 bridgehead atoms. The number of carbonyl (C=O) groups is 1. The van der Waals surface area contributed by atoms with Crippen LogP contribution >= 0.6 is 0 Å². The van der Waals surface area contributed by atoms with Gasteiger partial charge in [0.05, 0.1) is 46.1 Å². The summed E-state index contributed by atoms with van der Waals surface area (Å²) in [5.74, 6) is 0.393.